The van der Waals surface area contributed by atoms with Gasteiger partial charge in [-0.25, -0.2) is 0 Å². The van der Waals surface area contributed by atoms with Crippen LogP contribution in [0.3, 0.4) is 0 Å². The summed E-state index contributed by atoms with van der Waals surface area (Å²) in [6.45, 7) is 2.55. The molecule has 1 heterocycles. The molecule has 0 aliphatic rings. The summed E-state index contributed by atoms with van der Waals surface area (Å²) in [6.07, 6.45) is 0. The molecular formula is C17H17NOS. The summed E-state index contributed by atoms with van der Waals surface area (Å²) in [6, 6.07) is 16.4. The van der Waals surface area contributed by atoms with Crippen molar-refractivity contribution < 1.29 is 4.74 Å². The number of hydrogen-bond donors (Lipinski definition) is 1. The van der Waals surface area contributed by atoms with Gasteiger partial charge in [-0.15, -0.1) is 11.3 Å². The van der Waals surface area contributed by atoms with Crippen LogP contribution in [0.25, 0.3) is 10.1 Å². The fourth-order valence-corrected chi connectivity index (χ4v) is 3.24. The van der Waals surface area contributed by atoms with Crippen molar-refractivity contribution in [2.45, 2.75) is 19.6 Å². The second-order valence-electron chi connectivity index (χ2n) is 4.87. The molecule has 20 heavy (non-hydrogen) atoms. The molecule has 0 saturated heterocycles. The number of ether oxygens (including phenoxy) is 1. The number of fused-ring (bicyclic) bond motifs is 1. The SMILES string of the molecule is CC(N)c1ccccc1OCc1csc2ccccc12. The minimum absolute atomic E-state index is 0.0228. The molecule has 2 N–H and O–H groups in total. The van der Waals surface area contributed by atoms with Gasteiger partial charge in [0, 0.05) is 21.9 Å². The summed E-state index contributed by atoms with van der Waals surface area (Å²) in [5.41, 5.74) is 8.25. The van der Waals surface area contributed by atoms with E-state index in [0.717, 1.165) is 11.3 Å². The predicted molar refractivity (Wildman–Crippen MR) is 85.2 cm³/mol. The molecule has 2 nitrogen and oxygen atoms in total. The van der Waals surface area contributed by atoms with Crippen LogP contribution in [-0.2, 0) is 6.61 Å². The van der Waals surface area contributed by atoms with E-state index < -0.39 is 0 Å². The van der Waals surface area contributed by atoms with Crippen LogP contribution < -0.4 is 10.5 Å². The zero-order valence-corrected chi connectivity index (χ0v) is 12.2. The predicted octanol–water partition coefficient (Wildman–Crippen LogP) is 4.50. The van der Waals surface area contributed by atoms with Crippen molar-refractivity contribution in [3.05, 3.63) is 65.0 Å². The molecule has 0 radical (unpaired) electrons. The topological polar surface area (TPSA) is 35.2 Å². The van der Waals surface area contributed by atoms with Crippen LogP contribution in [0.2, 0.25) is 0 Å². The second-order valence-corrected chi connectivity index (χ2v) is 5.78. The van der Waals surface area contributed by atoms with E-state index in [1.807, 2.05) is 31.2 Å². The van der Waals surface area contributed by atoms with Gasteiger partial charge in [0.15, 0.2) is 0 Å². The summed E-state index contributed by atoms with van der Waals surface area (Å²) in [5.74, 6) is 0.873. The maximum absolute atomic E-state index is 5.98. The Labute approximate surface area is 122 Å². The van der Waals surface area contributed by atoms with Crippen LogP contribution in [0.4, 0.5) is 0 Å². The Bertz CT molecular complexity index is 718. The van der Waals surface area contributed by atoms with E-state index >= 15 is 0 Å². The minimum atomic E-state index is -0.0228. The maximum atomic E-state index is 5.98. The second kappa shape index (κ2) is 5.65. The molecule has 102 valence electrons. The average molecular weight is 283 g/mol. The third kappa shape index (κ3) is 2.55. The van der Waals surface area contributed by atoms with Crippen molar-refractivity contribution in [2.24, 2.45) is 5.73 Å². The van der Waals surface area contributed by atoms with E-state index in [2.05, 4.69) is 29.6 Å². The van der Waals surface area contributed by atoms with Crippen molar-refractivity contribution in [1.29, 1.82) is 0 Å². The zero-order chi connectivity index (χ0) is 13.9. The van der Waals surface area contributed by atoms with Crippen molar-refractivity contribution in [3.8, 4) is 5.75 Å². The fourth-order valence-electron chi connectivity index (χ4n) is 2.29. The van der Waals surface area contributed by atoms with Crippen molar-refractivity contribution in [2.75, 3.05) is 0 Å². The van der Waals surface area contributed by atoms with Crippen LogP contribution in [0.15, 0.2) is 53.9 Å². The number of para-hydroxylation sites is 1. The first-order valence-corrected chi connectivity index (χ1v) is 7.56. The van der Waals surface area contributed by atoms with E-state index in [1.54, 1.807) is 11.3 Å². The number of thiophene rings is 1. The lowest BCUT2D eigenvalue weighted by Gasteiger charge is -2.13. The third-order valence-corrected chi connectivity index (χ3v) is 4.37. The molecule has 0 spiro atoms. The molecule has 2 aromatic carbocycles. The number of benzene rings is 2. The largest absolute Gasteiger partial charge is 0.489 e. The first kappa shape index (κ1) is 13.2. The Balaban J connectivity index is 1.83. The molecule has 0 aliphatic carbocycles. The van der Waals surface area contributed by atoms with Gasteiger partial charge < -0.3 is 10.5 Å². The lowest BCUT2D eigenvalue weighted by Crippen LogP contribution is -2.07. The van der Waals surface area contributed by atoms with Gasteiger partial charge in [0.1, 0.15) is 12.4 Å². The molecule has 0 aliphatic heterocycles. The van der Waals surface area contributed by atoms with Crippen LogP contribution in [0.1, 0.15) is 24.1 Å². The highest BCUT2D eigenvalue weighted by molar-refractivity contribution is 7.17. The Kier molecular flexibility index (Phi) is 3.72. The minimum Gasteiger partial charge on any atom is -0.489 e. The van der Waals surface area contributed by atoms with Crippen molar-refractivity contribution in [1.82, 2.24) is 0 Å². The van der Waals surface area contributed by atoms with Gasteiger partial charge in [0.25, 0.3) is 0 Å². The highest BCUT2D eigenvalue weighted by Gasteiger charge is 2.09. The van der Waals surface area contributed by atoms with E-state index in [1.165, 1.54) is 15.6 Å². The fraction of sp³-hybridized carbons (Fsp3) is 0.176. The van der Waals surface area contributed by atoms with E-state index in [-0.39, 0.29) is 6.04 Å². The number of nitrogens with two attached hydrogens (primary N) is 1. The standard InChI is InChI=1S/C17H17NOS/c1-12(18)14-6-2-4-8-16(14)19-10-13-11-20-17-9-5-3-7-15(13)17/h2-9,11-12H,10,18H2,1H3. The van der Waals surface area contributed by atoms with Gasteiger partial charge in [-0.05, 0) is 29.8 Å². The monoisotopic (exact) mass is 283 g/mol. The average Bonchev–Trinajstić information content (AvgIpc) is 2.88. The smallest absolute Gasteiger partial charge is 0.124 e. The quantitative estimate of drug-likeness (QED) is 0.765. The first-order chi connectivity index (χ1) is 9.75. The Morgan fingerprint density at radius 3 is 2.70 bits per heavy atom. The van der Waals surface area contributed by atoms with Crippen LogP contribution in [-0.4, -0.2) is 0 Å². The molecule has 0 bridgehead atoms. The summed E-state index contributed by atoms with van der Waals surface area (Å²) >= 11 is 1.75. The van der Waals surface area contributed by atoms with Gasteiger partial charge in [0.05, 0.1) is 0 Å². The summed E-state index contributed by atoms with van der Waals surface area (Å²) < 4.78 is 7.28. The highest BCUT2D eigenvalue weighted by Crippen LogP contribution is 2.28. The van der Waals surface area contributed by atoms with Gasteiger partial charge in [-0.3, -0.25) is 0 Å². The van der Waals surface area contributed by atoms with E-state index in [9.17, 15) is 0 Å². The molecule has 3 rings (SSSR count). The number of rotatable bonds is 4. The Morgan fingerprint density at radius 2 is 1.85 bits per heavy atom. The van der Waals surface area contributed by atoms with E-state index in [4.69, 9.17) is 10.5 Å². The van der Waals surface area contributed by atoms with E-state index in [0.29, 0.717) is 6.61 Å². The molecule has 0 saturated carbocycles. The lowest BCUT2D eigenvalue weighted by molar-refractivity contribution is 0.303. The third-order valence-electron chi connectivity index (χ3n) is 3.35. The lowest BCUT2D eigenvalue weighted by atomic mass is 10.1. The summed E-state index contributed by atoms with van der Waals surface area (Å²) in [5, 5.41) is 3.44. The molecule has 1 unspecified atom stereocenters. The van der Waals surface area contributed by atoms with Gasteiger partial charge in [0.2, 0.25) is 0 Å². The van der Waals surface area contributed by atoms with Crippen LogP contribution >= 0.6 is 11.3 Å². The number of hydrogen-bond acceptors (Lipinski definition) is 3. The molecule has 1 atom stereocenters. The van der Waals surface area contributed by atoms with Gasteiger partial charge in [-0.2, -0.15) is 0 Å². The van der Waals surface area contributed by atoms with Crippen LogP contribution in [0.5, 0.6) is 5.75 Å². The van der Waals surface area contributed by atoms with Gasteiger partial charge >= 0.3 is 0 Å². The first-order valence-electron chi connectivity index (χ1n) is 6.68. The molecule has 0 fully saturated rings. The molecule has 1 aromatic heterocycles. The van der Waals surface area contributed by atoms with Gasteiger partial charge in [-0.1, -0.05) is 36.4 Å². The molecular weight excluding hydrogens is 266 g/mol. The summed E-state index contributed by atoms with van der Waals surface area (Å²) in [7, 11) is 0. The molecule has 3 aromatic rings. The van der Waals surface area contributed by atoms with Crippen LogP contribution in [0, 0.1) is 0 Å². The summed E-state index contributed by atoms with van der Waals surface area (Å²) in [4.78, 5) is 0. The molecule has 0 amide bonds. The maximum Gasteiger partial charge on any atom is 0.124 e. The van der Waals surface area contributed by atoms with Crippen molar-refractivity contribution in [3.63, 3.8) is 0 Å². The highest BCUT2D eigenvalue weighted by atomic mass is 32.1. The Morgan fingerprint density at radius 1 is 1.10 bits per heavy atom. The van der Waals surface area contributed by atoms with Crippen molar-refractivity contribution >= 4 is 21.4 Å². The Hall–Kier alpha value is -1.84. The molecule has 3 heteroatoms. The zero-order valence-electron chi connectivity index (χ0n) is 11.4. The normalized spacial score (nSPS) is 12.5.